The maximum absolute atomic E-state index is 13.9. The molecule has 1 fully saturated rings. The van der Waals surface area contributed by atoms with E-state index >= 15 is 0 Å². The lowest BCUT2D eigenvalue weighted by atomic mass is 9.84. The van der Waals surface area contributed by atoms with Crippen LogP contribution in [0.2, 0.25) is 5.02 Å². The van der Waals surface area contributed by atoms with Crippen LogP contribution in [-0.2, 0) is 70.2 Å². The summed E-state index contributed by atoms with van der Waals surface area (Å²) in [5, 5.41) is 17.3. The Morgan fingerprint density at radius 3 is 2.13 bits per heavy atom. The highest BCUT2D eigenvalue weighted by Crippen LogP contribution is 2.45. The number of carbonyl (C=O) groups excluding carboxylic acids is 5. The summed E-state index contributed by atoms with van der Waals surface area (Å²) in [4.78, 5) is 77.5. The number of nitrogens with one attached hydrogen (secondary N) is 3. The zero-order chi connectivity index (χ0) is 50.3. The number of hydrogen-bond donors (Lipinski definition) is 4. The van der Waals surface area contributed by atoms with Gasteiger partial charge in [0.05, 0.1) is 83.6 Å². The minimum atomic E-state index is -1.03. The van der Waals surface area contributed by atoms with Crippen molar-refractivity contribution in [2.45, 2.75) is 110 Å². The Morgan fingerprint density at radius 2 is 1.51 bits per heavy atom. The van der Waals surface area contributed by atoms with Gasteiger partial charge < -0.3 is 59.0 Å². The number of alkyl carbamates (subject to hydrolysis) is 1. The lowest BCUT2D eigenvalue weighted by Gasteiger charge is -2.30. The van der Waals surface area contributed by atoms with Crippen molar-refractivity contribution >= 4 is 47.2 Å². The van der Waals surface area contributed by atoms with Crippen molar-refractivity contribution < 1.29 is 71.8 Å². The van der Waals surface area contributed by atoms with Gasteiger partial charge in [0.25, 0.3) is 0 Å². The normalized spacial score (nSPS) is 21.9. The number of cyclic esters (lactones) is 1. The Morgan fingerprint density at radius 1 is 0.870 bits per heavy atom. The van der Waals surface area contributed by atoms with Crippen molar-refractivity contribution in [2.75, 3.05) is 66.5 Å². The number of carboxylic acids is 1. The Bertz CT molecular complexity index is 2010. The zero-order valence-corrected chi connectivity index (χ0v) is 41.3. The van der Waals surface area contributed by atoms with Gasteiger partial charge in [-0.2, -0.15) is 0 Å². The van der Waals surface area contributed by atoms with E-state index < -0.39 is 53.4 Å². The number of rotatable bonds is 25. The van der Waals surface area contributed by atoms with Gasteiger partial charge in [-0.25, -0.2) is 9.59 Å². The van der Waals surface area contributed by atoms with Crippen molar-refractivity contribution in [1.29, 1.82) is 0 Å². The van der Waals surface area contributed by atoms with Crippen molar-refractivity contribution in [1.82, 2.24) is 16.0 Å². The monoisotopic (exact) mass is 987 g/mol. The third kappa shape index (κ3) is 20.4. The third-order valence-electron chi connectivity index (χ3n) is 11.6. The Balaban J connectivity index is 1.29. The fourth-order valence-corrected chi connectivity index (χ4v) is 7.64. The molecule has 4 N–H and O–H groups in total. The van der Waals surface area contributed by atoms with Crippen molar-refractivity contribution in [3.63, 3.8) is 0 Å². The molecule has 0 aliphatic carbocycles. The number of ketones is 1. The van der Waals surface area contributed by atoms with Gasteiger partial charge in [0.2, 0.25) is 11.8 Å². The molecule has 4 rings (SSSR count). The molecule has 2 heterocycles. The van der Waals surface area contributed by atoms with Crippen molar-refractivity contribution in [3.8, 4) is 5.75 Å². The van der Waals surface area contributed by atoms with Crippen LogP contribution < -0.4 is 20.7 Å². The molecule has 0 bridgehead atoms. The standard InChI is InChI=1S/C50H70ClN3O15/c1-32(2)28-39-47(59)68-41(8-7-9-43(56)53-38(30-35-12-15-42(62-6)37(51)29-35)40(55)16-18-50(4,5)48(60)54-39)33(3)45-46(69-45)36-13-10-34(11-14-36)31-67-49(61)52-19-21-64-23-25-66-27-26-65-24-22-63-20-17-44(57)58/h7,9-15,29,32-33,38-39,41,45-46H,8,16-28,30-31H2,1-6H3,(H,52,61)(H,53,56)(H,54,60)(H,57,58)/b9-7+/t33-,38+,39-,41-,45-,46-/m0/s1. The number of ether oxygens (including phenoxy) is 8. The average molecular weight is 989 g/mol. The second-order valence-electron chi connectivity index (χ2n) is 18.1. The lowest BCUT2D eigenvalue weighted by Crippen LogP contribution is -2.49. The maximum Gasteiger partial charge on any atom is 0.407 e. The van der Waals surface area contributed by atoms with Gasteiger partial charge in [0.1, 0.15) is 30.6 Å². The van der Waals surface area contributed by atoms with E-state index in [2.05, 4.69) is 16.0 Å². The maximum atomic E-state index is 13.9. The van der Waals surface area contributed by atoms with Gasteiger partial charge in [-0.15, -0.1) is 0 Å². The first-order valence-corrected chi connectivity index (χ1v) is 23.9. The lowest BCUT2D eigenvalue weighted by molar-refractivity contribution is -0.157. The smallest absolute Gasteiger partial charge is 0.407 e. The number of aliphatic carboxylic acids is 1. The van der Waals surface area contributed by atoms with Crippen LogP contribution in [0.4, 0.5) is 4.79 Å². The van der Waals surface area contributed by atoms with Gasteiger partial charge >= 0.3 is 18.0 Å². The number of carboxylic acid groups (broad SMARTS) is 1. The van der Waals surface area contributed by atoms with Crippen molar-refractivity contribution in [3.05, 3.63) is 76.3 Å². The largest absolute Gasteiger partial charge is 0.495 e. The fourth-order valence-electron chi connectivity index (χ4n) is 7.36. The molecule has 0 saturated carbocycles. The number of carbonyl (C=O) groups is 6. The molecule has 6 atom stereocenters. The predicted octanol–water partition coefficient (Wildman–Crippen LogP) is 5.70. The van der Waals surface area contributed by atoms with Crippen LogP contribution >= 0.6 is 11.6 Å². The summed E-state index contributed by atoms with van der Waals surface area (Å²) in [6.07, 6.45) is 1.75. The van der Waals surface area contributed by atoms with E-state index in [4.69, 9.17) is 54.6 Å². The van der Waals surface area contributed by atoms with E-state index in [0.29, 0.717) is 62.4 Å². The summed E-state index contributed by atoms with van der Waals surface area (Å²) >= 11 is 6.38. The van der Waals surface area contributed by atoms with Gasteiger partial charge in [0.15, 0.2) is 5.78 Å². The number of benzene rings is 2. The Kier molecular flexibility index (Phi) is 23.9. The van der Waals surface area contributed by atoms with E-state index in [9.17, 15) is 28.8 Å². The number of halogens is 1. The summed E-state index contributed by atoms with van der Waals surface area (Å²) in [5.41, 5.74) is 1.32. The minimum Gasteiger partial charge on any atom is -0.495 e. The SMILES string of the molecule is COc1ccc(C[C@H]2NC(=O)/C=C/C[C@@H]([C@H](C)[C@@H]3O[C@H]3c3ccc(COC(=O)NCCOCCOCCOCCOCCC(=O)O)cc3)OC(=O)[C@H](CC(C)C)NC(=O)C(C)(C)CCC2=O)cc1Cl. The first-order chi connectivity index (χ1) is 33.0. The van der Waals surface area contributed by atoms with Gasteiger partial charge in [0, 0.05) is 30.7 Å². The molecule has 2 aromatic rings. The summed E-state index contributed by atoms with van der Waals surface area (Å²) in [6.45, 7) is 12.0. The van der Waals surface area contributed by atoms with Crippen LogP contribution in [0.1, 0.15) is 89.5 Å². The first-order valence-electron chi connectivity index (χ1n) is 23.5. The van der Waals surface area contributed by atoms with E-state index in [0.717, 1.165) is 11.1 Å². The molecule has 382 valence electrons. The van der Waals surface area contributed by atoms with E-state index in [1.165, 1.54) is 13.2 Å². The number of amides is 3. The van der Waals surface area contributed by atoms with Crippen LogP contribution in [-0.4, -0.2) is 132 Å². The predicted molar refractivity (Wildman–Crippen MR) is 254 cm³/mol. The average Bonchev–Trinajstić information content (AvgIpc) is 4.11. The van der Waals surface area contributed by atoms with Gasteiger partial charge in [-0.1, -0.05) is 82.6 Å². The van der Waals surface area contributed by atoms with E-state index in [-0.39, 0.29) is 88.3 Å². The fraction of sp³-hybridized carbons (Fsp3) is 0.600. The van der Waals surface area contributed by atoms with Gasteiger partial charge in [-0.3, -0.25) is 19.2 Å². The molecule has 3 amide bonds. The van der Waals surface area contributed by atoms with Crippen LogP contribution in [0, 0.1) is 17.3 Å². The molecule has 0 unspecified atom stereocenters. The molecule has 1 saturated heterocycles. The molecule has 2 aromatic carbocycles. The second kappa shape index (κ2) is 29.2. The highest BCUT2D eigenvalue weighted by molar-refractivity contribution is 6.32. The third-order valence-corrected chi connectivity index (χ3v) is 11.9. The minimum absolute atomic E-state index is 0.00297. The van der Waals surface area contributed by atoms with Gasteiger partial charge in [-0.05, 0) is 60.1 Å². The summed E-state index contributed by atoms with van der Waals surface area (Å²) < 4.78 is 44.4. The molecule has 2 aliphatic heterocycles. The van der Waals surface area contributed by atoms with Crippen LogP contribution in [0.3, 0.4) is 0 Å². The van der Waals surface area contributed by atoms with Crippen LogP contribution in [0.25, 0.3) is 0 Å². The second-order valence-corrected chi connectivity index (χ2v) is 18.5. The first kappa shape index (κ1) is 56.5. The highest BCUT2D eigenvalue weighted by atomic mass is 35.5. The van der Waals surface area contributed by atoms with Crippen LogP contribution in [0.15, 0.2) is 54.6 Å². The van der Waals surface area contributed by atoms with E-state index in [1.54, 1.807) is 38.1 Å². The molecule has 0 aromatic heterocycles. The molecule has 2 aliphatic rings. The number of Topliss-reactive ketones (excluding diaryl/α,β-unsaturated/α-hetero) is 1. The summed E-state index contributed by atoms with van der Waals surface area (Å²) in [6, 6.07) is 10.8. The van der Waals surface area contributed by atoms with Crippen molar-refractivity contribution in [2.24, 2.45) is 17.3 Å². The van der Waals surface area contributed by atoms with Crippen LogP contribution in [0.5, 0.6) is 5.75 Å². The topological polar surface area (TPSA) is 236 Å². The summed E-state index contributed by atoms with van der Waals surface area (Å²) in [5.74, 6) is -2.47. The molecular weight excluding hydrogens is 918 g/mol. The number of hydrogen-bond acceptors (Lipinski definition) is 14. The molecular formula is C50H70ClN3O15. The summed E-state index contributed by atoms with van der Waals surface area (Å²) in [7, 11) is 1.51. The Hall–Kier alpha value is -5.11. The number of epoxide rings is 1. The number of methoxy groups -OCH3 is 1. The highest BCUT2D eigenvalue weighted by Gasteiger charge is 2.48. The molecule has 0 spiro atoms. The molecule has 0 radical (unpaired) electrons. The molecule has 19 heteroatoms. The quantitative estimate of drug-likeness (QED) is 0.0531. The zero-order valence-electron chi connectivity index (χ0n) is 40.6. The molecule has 69 heavy (non-hydrogen) atoms. The molecule has 18 nitrogen and oxygen atoms in total. The number of esters is 1. The van der Waals surface area contributed by atoms with E-state index in [1.807, 2.05) is 45.0 Å². The Labute approximate surface area is 409 Å².